The van der Waals surface area contributed by atoms with Gasteiger partial charge in [0.25, 0.3) is 0 Å². The van der Waals surface area contributed by atoms with Crippen molar-refractivity contribution < 1.29 is 4.74 Å². The molecule has 0 bridgehead atoms. The van der Waals surface area contributed by atoms with E-state index in [0.717, 1.165) is 29.9 Å². The molecule has 0 saturated carbocycles. The number of likely N-dealkylation sites (N-methyl/N-ethyl adjacent to an activating group) is 1. The summed E-state index contributed by atoms with van der Waals surface area (Å²) in [6, 6.07) is 6.05. The molecule has 3 nitrogen and oxygen atoms in total. The lowest BCUT2D eigenvalue weighted by atomic mass is 10.2. The van der Waals surface area contributed by atoms with Crippen molar-refractivity contribution in [2.75, 3.05) is 34.3 Å². The summed E-state index contributed by atoms with van der Waals surface area (Å²) in [5, 5.41) is 3.39. The van der Waals surface area contributed by atoms with Crippen molar-refractivity contribution in [3.8, 4) is 5.75 Å². The Morgan fingerprint density at radius 2 is 2.12 bits per heavy atom. The van der Waals surface area contributed by atoms with Gasteiger partial charge >= 0.3 is 0 Å². The smallest absolute Gasteiger partial charge is 0.123 e. The number of rotatable bonds is 6. The van der Waals surface area contributed by atoms with Gasteiger partial charge < -0.3 is 15.0 Å². The summed E-state index contributed by atoms with van der Waals surface area (Å²) >= 11 is 3.47. The molecule has 0 spiro atoms. The third kappa shape index (κ3) is 4.51. The van der Waals surface area contributed by atoms with Gasteiger partial charge in [-0.15, -0.1) is 0 Å². The molecule has 4 heteroatoms. The second-order valence-electron chi connectivity index (χ2n) is 3.94. The highest BCUT2D eigenvalue weighted by atomic mass is 79.9. The van der Waals surface area contributed by atoms with Crippen molar-refractivity contribution in [3.63, 3.8) is 0 Å². The van der Waals surface area contributed by atoms with Crippen molar-refractivity contribution in [3.05, 3.63) is 28.2 Å². The molecule has 0 heterocycles. The summed E-state index contributed by atoms with van der Waals surface area (Å²) in [6.45, 7) is 2.84. The van der Waals surface area contributed by atoms with Gasteiger partial charge in [0.05, 0.1) is 7.11 Å². The molecule has 0 aliphatic carbocycles. The largest absolute Gasteiger partial charge is 0.496 e. The maximum absolute atomic E-state index is 5.31. The number of ether oxygens (including phenoxy) is 1. The van der Waals surface area contributed by atoms with Gasteiger partial charge in [0.1, 0.15) is 5.75 Å². The first kappa shape index (κ1) is 13.5. The fourth-order valence-corrected chi connectivity index (χ4v) is 1.82. The zero-order chi connectivity index (χ0) is 12.0. The molecule has 16 heavy (non-hydrogen) atoms. The first-order chi connectivity index (χ1) is 7.63. The van der Waals surface area contributed by atoms with Crippen molar-refractivity contribution in [1.29, 1.82) is 0 Å². The van der Waals surface area contributed by atoms with Crippen LogP contribution in [-0.2, 0) is 6.54 Å². The standard InChI is InChI=1S/C12H19BrN2O/c1-15(2)7-6-14-9-10-8-11(13)4-5-12(10)16-3/h4-5,8,14H,6-7,9H2,1-3H3. The van der Waals surface area contributed by atoms with E-state index in [2.05, 4.69) is 46.3 Å². The first-order valence-electron chi connectivity index (χ1n) is 5.31. The van der Waals surface area contributed by atoms with Crippen LogP contribution in [0.3, 0.4) is 0 Å². The molecule has 0 aromatic heterocycles. The zero-order valence-electron chi connectivity index (χ0n) is 10.1. The summed E-state index contributed by atoms with van der Waals surface area (Å²) in [5.41, 5.74) is 1.18. The van der Waals surface area contributed by atoms with Crippen LogP contribution in [0.2, 0.25) is 0 Å². The van der Waals surface area contributed by atoms with E-state index >= 15 is 0 Å². The number of nitrogens with zero attached hydrogens (tertiary/aromatic N) is 1. The Bertz CT molecular complexity index is 329. The molecule has 0 radical (unpaired) electrons. The second-order valence-corrected chi connectivity index (χ2v) is 4.85. The van der Waals surface area contributed by atoms with E-state index in [9.17, 15) is 0 Å². The monoisotopic (exact) mass is 286 g/mol. The number of methoxy groups -OCH3 is 1. The molecule has 0 aliphatic heterocycles. The number of halogens is 1. The van der Waals surface area contributed by atoms with Crippen LogP contribution in [-0.4, -0.2) is 39.2 Å². The zero-order valence-corrected chi connectivity index (χ0v) is 11.7. The van der Waals surface area contributed by atoms with Crippen molar-refractivity contribution in [2.45, 2.75) is 6.54 Å². The lowest BCUT2D eigenvalue weighted by Gasteiger charge is -2.12. The molecule has 1 N–H and O–H groups in total. The Hall–Kier alpha value is -0.580. The average molecular weight is 287 g/mol. The summed E-state index contributed by atoms with van der Waals surface area (Å²) in [5.74, 6) is 0.931. The summed E-state index contributed by atoms with van der Waals surface area (Å²) in [6.07, 6.45) is 0. The lowest BCUT2D eigenvalue weighted by Crippen LogP contribution is -2.26. The molecule has 1 aromatic rings. The molecule has 0 amide bonds. The Labute approximate surface area is 106 Å². The highest BCUT2D eigenvalue weighted by Crippen LogP contribution is 2.22. The number of hydrogen-bond acceptors (Lipinski definition) is 3. The van der Waals surface area contributed by atoms with Crippen LogP contribution in [0.1, 0.15) is 5.56 Å². The molecule has 0 saturated heterocycles. The normalized spacial score (nSPS) is 10.8. The predicted octanol–water partition coefficient (Wildman–Crippen LogP) is 2.11. The molecule has 0 aliphatic rings. The minimum Gasteiger partial charge on any atom is -0.496 e. The van der Waals surface area contributed by atoms with Crippen LogP contribution >= 0.6 is 15.9 Å². The lowest BCUT2D eigenvalue weighted by molar-refractivity contribution is 0.392. The molecule has 0 unspecified atom stereocenters. The maximum atomic E-state index is 5.31. The fraction of sp³-hybridized carbons (Fsp3) is 0.500. The third-order valence-electron chi connectivity index (χ3n) is 2.29. The van der Waals surface area contributed by atoms with Crippen molar-refractivity contribution >= 4 is 15.9 Å². The second kappa shape index (κ2) is 6.89. The Balaban J connectivity index is 2.48. The highest BCUT2D eigenvalue weighted by molar-refractivity contribution is 9.10. The van der Waals surface area contributed by atoms with Gasteiger partial charge in [0.2, 0.25) is 0 Å². The van der Waals surface area contributed by atoms with Crippen LogP contribution in [0.4, 0.5) is 0 Å². The molecule has 0 atom stereocenters. The summed E-state index contributed by atoms with van der Waals surface area (Å²) in [7, 11) is 5.84. The minimum atomic E-state index is 0.830. The minimum absolute atomic E-state index is 0.830. The summed E-state index contributed by atoms with van der Waals surface area (Å²) in [4.78, 5) is 2.16. The fourth-order valence-electron chi connectivity index (χ4n) is 1.41. The topological polar surface area (TPSA) is 24.5 Å². The van der Waals surface area contributed by atoms with Crippen molar-refractivity contribution in [2.24, 2.45) is 0 Å². The van der Waals surface area contributed by atoms with E-state index in [-0.39, 0.29) is 0 Å². The van der Waals surface area contributed by atoms with Gasteiger partial charge in [-0.1, -0.05) is 15.9 Å². The van der Waals surface area contributed by atoms with Gasteiger partial charge in [0, 0.05) is 29.7 Å². The van der Waals surface area contributed by atoms with E-state index in [1.807, 2.05) is 12.1 Å². The Morgan fingerprint density at radius 1 is 1.38 bits per heavy atom. The third-order valence-corrected chi connectivity index (χ3v) is 2.79. The van der Waals surface area contributed by atoms with Gasteiger partial charge in [-0.3, -0.25) is 0 Å². The van der Waals surface area contributed by atoms with Gasteiger partial charge in [-0.05, 0) is 32.3 Å². The summed E-state index contributed by atoms with van der Waals surface area (Å²) < 4.78 is 6.39. The van der Waals surface area contributed by atoms with Crippen LogP contribution in [0.5, 0.6) is 5.75 Å². The van der Waals surface area contributed by atoms with Crippen LogP contribution < -0.4 is 10.1 Å². The van der Waals surface area contributed by atoms with Gasteiger partial charge in [-0.2, -0.15) is 0 Å². The van der Waals surface area contributed by atoms with E-state index in [4.69, 9.17) is 4.74 Å². The Kier molecular flexibility index (Phi) is 5.80. The maximum Gasteiger partial charge on any atom is 0.123 e. The van der Waals surface area contributed by atoms with E-state index in [1.165, 1.54) is 5.56 Å². The van der Waals surface area contributed by atoms with Crippen LogP contribution in [0.25, 0.3) is 0 Å². The molecule has 0 fully saturated rings. The molecular weight excluding hydrogens is 268 g/mol. The van der Waals surface area contributed by atoms with Gasteiger partial charge in [-0.25, -0.2) is 0 Å². The van der Waals surface area contributed by atoms with Crippen LogP contribution in [0.15, 0.2) is 22.7 Å². The Morgan fingerprint density at radius 3 is 2.75 bits per heavy atom. The van der Waals surface area contributed by atoms with Gasteiger partial charge in [0.15, 0.2) is 0 Å². The van der Waals surface area contributed by atoms with E-state index in [1.54, 1.807) is 7.11 Å². The first-order valence-corrected chi connectivity index (χ1v) is 6.10. The predicted molar refractivity (Wildman–Crippen MR) is 71.0 cm³/mol. The molecular formula is C12H19BrN2O. The SMILES string of the molecule is COc1ccc(Br)cc1CNCCN(C)C. The average Bonchev–Trinajstić information content (AvgIpc) is 2.24. The quantitative estimate of drug-likeness (QED) is 0.811. The molecule has 90 valence electrons. The molecule has 1 aromatic carbocycles. The van der Waals surface area contributed by atoms with Crippen LogP contribution in [0, 0.1) is 0 Å². The number of benzene rings is 1. The van der Waals surface area contributed by atoms with E-state index < -0.39 is 0 Å². The number of hydrogen-bond donors (Lipinski definition) is 1. The molecule has 1 rings (SSSR count). The van der Waals surface area contributed by atoms with Crippen molar-refractivity contribution in [1.82, 2.24) is 10.2 Å². The number of nitrogens with one attached hydrogen (secondary N) is 1. The van der Waals surface area contributed by atoms with E-state index in [0.29, 0.717) is 0 Å². The highest BCUT2D eigenvalue weighted by Gasteiger charge is 2.02.